The van der Waals surface area contributed by atoms with E-state index in [4.69, 9.17) is 0 Å². The number of fused-ring (bicyclic) bond motifs is 2. The average Bonchev–Trinajstić information content (AvgIpc) is 3.33. The van der Waals surface area contributed by atoms with Gasteiger partial charge in [0.15, 0.2) is 5.65 Å². The molecule has 3 aromatic rings. The summed E-state index contributed by atoms with van der Waals surface area (Å²) in [4.78, 5) is 25.2. The predicted octanol–water partition coefficient (Wildman–Crippen LogP) is 3.44. The van der Waals surface area contributed by atoms with Gasteiger partial charge < -0.3 is 5.32 Å². The largest absolute Gasteiger partial charge is 0.367 e. The Bertz CT molecular complexity index is 1150. The molecular formula is C22H25N5O2S. The number of nitrogens with zero attached hydrogens (tertiary/aromatic N) is 4. The number of hydrogen-bond acceptors (Lipinski definition) is 5. The monoisotopic (exact) mass is 423 g/mol. The second-order valence-corrected chi connectivity index (χ2v) is 9.47. The van der Waals surface area contributed by atoms with Crippen LogP contribution in [0.1, 0.15) is 49.7 Å². The van der Waals surface area contributed by atoms with Gasteiger partial charge in [0.25, 0.3) is 0 Å². The van der Waals surface area contributed by atoms with Gasteiger partial charge in [-0.25, -0.2) is 9.48 Å². The molecule has 2 aliphatic carbocycles. The van der Waals surface area contributed by atoms with Crippen molar-refractivity contribution in [3.05, 3.63) is 51.9 Å². The van der Waals surface area contributed by atoms with Crippen LogP contribution in [0.5, 0.6) is 0 Å². The van der Waals surface area contributed by atoms with Crippen molar-refractivity contribution in [1.29, 1.82) is 0 Å². The summed E-state index contributed by atoms with van der Waals surface area (Å²) in [6.07, 6.45) is 9.55. The van der Waals surface area contributed by atoms with Gasteiger partial charge in [0.1, 0.15) is 11.6 Å². The van der Waals surface area contributed by atoms with Gasteiger partial charge in [-0.15, -0.1) is 16.9 Å². The summed E-state index contributed by atoms with van der Waals surface area (Å²) < 4.78 is 2.48. The number of carbonyl (C=O) groups is 1. The molecule has 0 radical (unpaired) electrons. The summed E-state index contributed by atoms with van der Waals surface area (Å²) in [5.74, 6) is -0.268. The fraction of sp³-hybridized carbons (Fsp3) is 0.455. The van der Waals surface area contributed by atoms with Gasteiger partial charge in [-0.3, -0.25) is 4.79 Å². The first-order valence-corrected chi connectivity index (χ1v) is 11.6. The molecule has 1 saturated carbocycles. The zero-order valence-electron chi connectivity index (χ0n) is 16.8. The first-order chi connectivity index (χ1) is 14.7. The number of aromatic nitrogens is 4. The molecule has 156 valence electrons. The molecule has 0 saturated heterocycles. The molecular weight excluding hydrogens is 398 g/mol. The molecule has 1 amide bonds. The zero-order chi connectivity index (χ0) is 20.5. The van der Waals surface area contributed by atoms with Gasteiger partial charge in [-0.2, -0.15) is 9.61 Å². The van der Waals surface area contributed by atoms with Crippen LogP contribution in [0.25, 0.3) is 5.65 Å². The first kappa shape index (κ1) is 19.4. The number of thioether (sulfide) groups is 1. The Balaban J connectivity index is 1.29. The summed E-state index contributed by atoms with van der Waals surface area (Å²) in [5, 5.41) is 13.0. The van der Waals surface area contributed by atoms with Gasteiger partial charge in [0.05, 0.1) is 0 Å². The summed E-state index contributed by atoms with van der Waals surface area (Å²) in [7, 11) is 0. The zero-order valence-corrected chi connectivity index (χ0v) is 17.7. The molecule has 2 aliphatic rings. The van der Waals surface area contributed by atoms with Crippen molar-refractivity contribution in [2.45, 2.75) is 68.2 Å². The maximum absolute atomic E-state index is 12.7. The molecule has 30 heavy (non-hydrogen) atoms. The van der Waals surface area contributed by atoms with E-state index in [9.17, 15) is 9.59 Å². The van der Waals surface area contributed by atoms with Crippen molar-refractivity contribution in [2.75, 3.05) is 5.32 Å². The Labute approximate surface area is 178 Å². The molecule has 1 N–H and O–H groups in total. The van der Waals surface area contributed by atoms with Crippen molar-refractivity contribution < 1.29 is 4.79 Å². The Hall–Kier alpha value is -2.61. The molecule has 1 fully saturated rings. The lowest BCUT2D eigenvalue weighted by Crippen LogP contribution is -2.29. The highest BCUT2D eigenvalue weighted by atomic mass is 32.2. The number of nitrogens with one attached hydrogen (secondary N) is 1. The lowest BCUT2D eigenvalue weighted by atomic mass is 10.0. The van der Waals surface area contributed by atoms with Gasteiger partial charge in [-0.1, -0.05) is 25.3 Å². The predicted molar refractivity (Wildman–Crippen MR) is 117 cm³/mol. The molecule has 8 heteroatoms. The summed E-state index contributed by atoms with van der Waals surface area (Å²) >= 11 is 1.74. The SMILES string of the molecule is O=C(Cn1nc2ccc(SC3CCCCC3)nn2c1=O)Nc1ccc2c(c1)CCC2. The van der Waals surface area contributed by atoms with E-state index in [1.165, 1.54) is 52.4 Å². The molecule has 0 aliphatic heterocycles. The van der Waals surface area contributed by atoms with Crippen LogP contribution in [0.4, 0.5) is 5.69 Å². The van der Waals surface area contributed by atoms with E-state index in [2.05, 4.69) is 21.6 Å². The summed E-state index contributed by atoms with van der Waals surface area (Å²) in [6.45, 7) is -0.135. The fourth-order valence-electron chi connectivity index (χ4n) is 4.40. The second kappa shape index (κ2) is 8.26. The Morgan fingerprint density at radius 1 is 1.03 bits per heavy atom. The average molecular weight is 424 g/mol. The maximum Gasteiger partial charge on any atom is 0.367 e. The fourth-order valence-corrected chi connectivity index (χ4v) is 5.58. The number of carbonyl (C=O) groups excluding carboxylic acids is 1. The normalized spacial score (nSPS) is 16.7. The maximum atomic E-state index is 12.7. The molecule has 1 aromatic carbocycles. The topological polar surface area (TPSA) is 81.3 Å². The minimum atomic E-state index is -0.389. The Morgan fingerprint density at radius 3 is 2.73 bits per heavy atom. The number of anilines is 1. The van der Waals surface area contributed by atoms with Crippen LogP contribution in [0.3, 0.4) is 0 Å². The second-order valence-electron chi connectivity index (χ2n) is 8.14. The van der Waals surface area contributed by atoms with E-state index in [0.717, 1.165) is 30.0 Å². The van der Waals surface area contributed by atoms with Crippen molar-refractivity contribution >= 4 is 29.0 Å². The van der Waals surface area contributed by atoms with Crippen LogP contribution in [-0.4, -0.2) is 30.6 Å². The molecule has 0 spiro atoms. The van der Waals surface area contributed by atoms with Crippen LogP contribution < -0.4 is 11.0 Å². The number of rotatable bonds is 5. The number of amides is 1. The van der Waals surface area contributed by atoms with E-state index in [1.807, 2.05) is 18.2 Å². The van der Waals surface area contributed by atoms with E-state index in [-0.39, 0.29) is 18.1 Å². The smallest absolute Gasteiger partial charge is 0.324 e. The molecule has 0 bridgehead atoms. The van der Waals surface area contributed by atoms with Gasteiger partial charge in [0, 0.05) is 10.9 Å². The standard InChI is InChI=1S/C22H25N5O2S/c28-20(23-17-10-9-15-5-4-6-16(15)13-17)14-26-22(29)27-19(24-26)11-12-21(25-27)30-18-7-2-1-3-8-18/h9-13,18H,1-8,14H2,(H,23,28). The van der Waals surface area contributed by atoms with Crippen LogP contribution in [0.15, 0.2) is 40.2 Å². The third kappa shape index (κ3) is 4.01. The number of benzene rings is 1. The Morgan fingerprint density at radius 2 is 1.87 bits per heavy atom. The highest BCUT2D eigenvalue weighted by Gasteiger charge is 2.18. The van der Waals surface area contributed by atoms with E-state index < -0.39 is 0 Å². The Kier molecular flexibility index (Phi) is 5.33. The summed E-state index contributed by atoms with van der Waals surface area (Å²) in [6, 6.07) is 9.74. The molecule has 2 heterocycles. The quantitative estimate of drug-likeness (QED) is 0.680. The molecule has 0 unspecified atom stereocenters. The van der Waals surface area contributed by atoms with Crippen LogP contribution in [-0.2, 0) is 24.2 Å². The van der Waals surface area contributed by atoms with Crippen LogP contribution in [0.2, 0.25) is 0 Å². The van der Waals surface area contributed by atoms with Crippen LogP contribution >= 0.6 is 11.8 Å². The van der Waals surface area contributed by atoms with Crippen LogP contribution in [0, 0.1) is 0 Å². The molecule has 5 rings (SSSR count). The van der Waals surface area contributed by atoms with Gasteiger partial charge in [0.2, 0.25) is 5.91 Å². The van der Waals surface area contributed by atoms with Crippen molar-refractivity contribution in [2.24, 2.45) is 0 Å². The first-order valence-electron chi connectivity index (χ1n) is 10.7. The summed E-state index contributed by atoms with van der Waals surface area (Å²) in [5.41, 5.74) is 3.49. The third-order valence-corrected chi connectivity index (χ3v) is 7.19. The lowest BCUT2D eigenvalue weighted by molar-refractivity contribution is -0.117. The van der Waals surface area contributed by atoms with E-state index in [0.29, 0.717) is 10.9 Å². The van der Waals surface area contributed by atoms with E-state index in [1.54, 1.807) is 17.8 Å². The molecule has 2 aromatic heterocycles. The lowest BCUT2D eigenvalue weighted by Gasteiger charge is -2.20. The van der Waals surface area contributed by atoms with Gasteiger partial charge >= 0.3 is 5.69 Å². The molecule has 0 atom stereocenters. The number of aryl methyl sites for hydroxylation is 2. The van der Waals surface area contributed by atoms with Crippen molar-refractivity contribution in [3.63, 3.8) is 0 Å². The minimum Gasteiger partial charge on any atom is -0.324 e. The van der Waals surface area contributed by atoms with Crippen molar-refractivity contribution in [3.8, 4) is 0 Å². The third-order valence-electron chi connectivity index (χ3n) is 5.93. The highest BCUT2D eigenvalue weighted by Crippen LogP contribution is 2.32. The van der Waals surface area contributed by atoms with Crippen molar-refractivity contribution in [1.82, 2.24) is 19.4 Å². The van der Waals surface area contributed by atoms with Gasteiger partial charge in [-0.05, 0) is 67.5 Å². The minimum absolute atomic E-state index is 0.135. The molecule has 7 nitrogen and oxygen atoms in total. The number of hydrogen-bond donors (Lipinski definition) is 1. The van der Waals surface area contributed by atoms with E-state index >= 15 is 0 Å². The highest BCUT2D eigenvalue weighted by molar-refractivity contribution is 7.99.